The molecule has 0 amide bonds. The highest BCUT2D eigenvalue weighted by Crippen LogP contribution is 2.27. The SMILES string of the molecule is Cc1nc(SCCCCc2ccccc2)sc1C(=O)O. The fourth-order valence-electron chi connectivity index (χ4n) is 1.87. The summed E-state index contributed by atoms with van der Waals surface area (Å²) in [6, 6.07) is 10.5. The van der Waals surface area contributed by atoms with Gasteiger partial charge < -0.3 is 5.11 Å². The summed E-state index contributed by atoms with van der Waals surface area (Å²) in [6.07, 6.45) is 3.35. The highest BCUT2D eigenvalue weighted by molar-refractivity contribution is 8.01. The third kappa shape index (κ3) is 4.35. The molecule has 1 heterocycles. The van der Waals surface area contributed by atoms with E-state index >= 15 is 0 Å². The number of unbranched alkanes of at least 4 members (excludes halogenated alkanes) is 1. The fourth-order valence-corrected chi connectivity index (χ4v) is 3.97. The fraction of sp³-hybridized carbons (Fsp3) is 0.333. The van der Waals surface area contributed by atoms with Crippen LogP contribution in [0, 0.1) is 6.92 Å². The van der Waals surface area contributed by atoms with Gasteiger partial charge in [-0.05, 0) is 31.7 Å². The van der Waals surface area contributed by atoms with Crippen molar-refractivity contribution < 1.29 is 9.90 Å². The van der Waals surface area contributed by atoms with E-state index in [4.69, 9.17) is 5.11 Å². The molecular formula is C15H17NO2S2. The lowest BCUT2D eigenvalue weighted by Crippen LogP contribution is -1.94. The highest BCUT2D eigenvalue weighted by atomic mass is 32.2. The quantitative estimate of drug-likeness (QED) is 0.613. The number of aryl methyl sites for hydroxylation is 2. The van der Waals surface area contributed by atoms with Gasteiger partial charge in [-0.3, -0.25) is 0 Å². The Hall–Kier alpha value is -1.33. The Balaban J connectivity index is 1.71. The van der Waals surface area contributed by atoms with Gasteiger partial charge in [-0.25, -0.2) is 9.78 Å². The molecule has 2 aromatic rings. The van der Waals surface area contributed by atoms with Crippen LogP contribution in [-0.2, 0) is 6.42 Å². The van der Waals surface area contributed by atoms with E-state index in [1.54, 1.807) is 18.7 Å². The summed E-state index contributed by atoms with van der Waals surface area (Å²) in [5.74, 6) is 0.106. The van der Waals surface area contributed by atoms with Crippen molar-refractivity contribution >= 4 is 29.1 Å². The van der Waals surface area contributed by atoms with E-state index in [0.717, 1.165) is 29.4 Å². The van der Waals surface area contributed by atoms with Gasteiger partial charge in [0.05, 0.1) is 5.69 Å². The van der Waals surface area contributed by atoms with E-state index in [1.807, 2.05) is 6.07 Å². The third-order valence-corrected chi connectivity index (χ3v) is 5.27. The first kappa shape index (κ1) is 15.1. The number of benzene rings is 1. The molecule has 1 aromatic heterocycles. The number of aromatic carboxylic acids is 1. The van der Waals surface area contributed by atoms with Gasteiger partial charge in [-0.1, -0.05) is 42.1 Å². The van der Waals surface area contributed by atoms with Gasteiger partial charge in [0.2, 0.25) is 0 Å². The van der Waals surface area contributed by atoms with Crippen LogP contribution in [0.25, 0.3) is 0 Å². The van der Waals surface area contributed by atoms with Crippen LogP contribution >= 0.6 is 23.1 Å². The minimum absolute atomic E-state index is 0.358. The molecular weight excluding hydrogens is 290 g/mol. The lowest BCUT2D eigenvalue weighted by atomic mass is 10.1. The molecule has 0 spiro atoms. The number of aromatic nitrogens is 1. The third-order valence-electron chi connectivity index (χ3n) is 2.90. The number of hydrogen-bond donors (Lipinski definition) is 1. The number of nitrogens with zero attached hydrogens (tertiary/aromatic N) is 1. The predicted octanol–water partition coefficient (Wildman–Crippen LogP) is 4.26. The van der Waals surface area contributed by atoms with Crippen LogP contribution in [0.2, 0.25) is 0 Å². The summed E-state index contributed by atoms with van der Waals surface area (Å²) in [4.78, 5) is 15.6. The van der Waals surface area contributed by atoms with E-state index in [9.17, 15) is 4.79 Å². The van der Waals surface area contributed by atoms with Crippen LogP contribution in [-0.4, -0.2) is 21.8 Å². The number of rotatable bonds is 7. The molecule has 0 saturated carbocycles. The molecule has 2 rings (SSSR count). The lowest BCUT2D eigenvalue weighted by molar-refractivity contribution is 0.0701. The van der Waals surface area contributed by atoms with Gasteiger partial charge in [-0.15, -0.1) is 11.3 Å². The second-order valence-corrected chi connectivity index (χ2v) is 6.83. The van der Waals surface area contributed by atoms with E-state index < -0.39 is 5.97 Å². The highest BCUT2D eigenvalue weighted by Gasteiger charge is 2.13. The molecule has 5 heteroatoms. The summed E-state index contributed by atoms with van der Waals surface area (Å²) < 4.78 is 0.861. The molecule has 3 nitrogen and oxygen atoms in total. The second kappa shape index (κ2) is 7.45. The molecule has 1 N–H and O–H groups in total. The zero-order valence-electron chi connectivity index (χ0n) is 11.3. The van der Waals surface area contributed by atoms with Gasteiger partial charge in [0, 0.05) is 5.75 Å². The van der Waals surface area contributed by atoms with Crippen molar-refractivity contribution in [1.82, 2.24) is 4.98 Å². The standard InChI is InChI=1S/C15H17NO2S2/c1-11-13(14(17)18)20-15(16-11)19-10-6-5-9-12-7-3-2-4-8-12/h2-4,7-8H,5-6,9-10H2,1H3,(H,17,18). The number of carboxylic acids is 1. The summed E-state index contributed by atoms with van der Waals surface area (Å²) in [7, 11) is 0. The molecule has 0 saturated heterocycles. The Bertz CT molecular complexity index is 567. The Morgan fingerprint density at radius 1 is 1.30 bits per heavy atom. The van der Waals surface area contributed by atoms with E-state index in [2.05, 4.69) is 29.2 Å². The molecule has 1 aromatic carbocycles. The lowest BCUT2D eigenvalue weighted by Gasteiger charge is -2.00. The van der Waals surface area contributed by atoms with Crippen molar-refractivity contribution in [2.24, 2.45) is 0 Å². The largest absolute Gasteiger partial charge is 0.477 e. The van der Waals surface area contributed by atoms with Crippen LogP contribution in [0.15, 0.2) is 34.7 Å². The van der Waals surface area contributed by atoms with Crippen molar-refractivity contribution in [1.29, 1.82) is 0 Å². The molecule has 0 aliphatic heterocycles. The summed E-state index contributed by atoms with van der Waals surface area (Å²) in [6.45, 7) is 1.75. The average Bonchev–Trinajstić information content (AvgIpc) is 2.81. The molecule has 0 bridgehead atoms. The van der Waals surface area contributed by atoms with Crippen molar-refractivity contribution in [3.8, 4) is 0 Å². The molecule has 20 heavy (non-hydrogen) atoms. The first-order chi connectivity index (χ1) is 9.66. The van der Waals surface area contributed by atoms with Gasteiger partial charge in [-0.2, -0.15) is 0 Å². The van der Waals surface area contributed by atoms with E-state index in [-0.39, 0.29) is 0 Å². The molecule has 0 aliphatic rings. The zero-order valence-corrected chi connectivity index (χ0v) is 13.0. The van der Waals surface area contributed by atoms with Gasteiger partial charge in [0.15, 0.2) is 4.34 Å². The van der Waals surface area contributed by atoms with Crippen LogP contribution < -0.4 is 0 Å². The van der Waals surface area contributed by atoms with E-state index in [0.29, 0.717) is 10.6 Å². The summed E-state index contributed by atoms with van der Waals surface area (Å²) in [5, 5.41) is 8.98. The van der Waals surface area contributed by atoms with Crippen molar-refractivity contribution in [2.45, 2.75) is 30.5 Å². The van der Waals surface area contributed by atoms with Gasteiger partial charge in [0.1, 0.15) is 4.88 Å². The molecule has 106 valence electrons. The summed E-state index contributed by atoms with van der Waals surface area (Å²) >= 11 is 2.93. The number of hydrogen-bond acceptors (Lipinski definition) is 4. The first-order valence-corrected chi connectivity index (χ1v) is 8.34. The first-order valence-electron chi connectivity index (χ1n) is 6.54. The normalized spacial score (nSPS) is 10.7. The maximum atomic E-state index is 10.9. The maximum Gasteiger partial charge on any atom is 0.347 e. The molecule has 0 unspecified atom stereocenters. The number of carbonyl (C=O) groups is 1. The van der Waals surface area contributed by atoms with Crippen molar-refractivity contribution in [3.05, 3.63) is 46.5 Å². The molecule has 0 atom stereocenters. The Labute approximate surface area is 127 Å². The van der Waals surface area contributed by atoms with Crippen LogP contribution in [0.1, 0.15) is 33.8 Å². The van der Waals surface area contributed by atoms with Crippen LogP contribution in [0.3, 0.4) is 0 Å². The molecule has 0 radical (unpaired) electrons. The van der Waals surface area contributed by atoms with Crippen LogP contribution in [0.4, 0.5) is 0 Å². The number of thiazole rings is 1. The molecule has 0 aliphatic carbocycles. The Kier molecular flexibility index (Phi) is 5.61. The minimum Gasteiger partial charge on any atom is -0.477 e. The average molecular weight is 307 g/mol. The maximum absolute atomic E-state index is 10.9. The van der Waals surface area contributed by atoms with Crippen molar-refractivity contribution in [3.63, 3.8) is 0 Å². The Morgan fingerprint density at radius 3 is 2.70 bits per heavy atom. The Morgan fingerprint density at radius 2 is 2.05 bits per heavy atom. The number of thioether (sulfide) groups is 1. The molecule has 0 fully saturated rings. The zero-order chi connectivity index (χ0) is 14.4. The van der Waals surface area contributed by atoms with Crippen molar-refractivity contribution in [2.75, 3.05) is 5.75 Å². The van der Waals surface area contributed by atoms with Crippen LogP contribution in [0.5, 0.6) is 0 Å². The smallest absolute Gasteiger partial charge is 0.347 e. The van der Waals surface area contributed by atoms with Gasteiger partial charge in [0.25, 0.3) is 0 Å². The topological polar surface area (TPSA) is 50.2 Å². The second-order valence-electron chi connectivity index (χ2n) is 4.49. The minimum atomic E-state index is -0.879. The summed E-state index contributed by atoms with van der Waals surface area (Å²) in [5.41, 5.74) is 1.99. The monoisotopic (exact) mass is 307 g/mol. The number of carboxylic acid groups (broad SMARTS) is 1. The predicted molar refractivity (Wildman–Crippen MR) is 83.9 cm³/mol. The van der Waals surface area contributed by atoms with Gasteiger partial charge >= 0.3 is 5.97 Å². The van der Waals surface area contributed by atoms with E-state index in [1.165, 1.54) is 16.9 Å².